The average molecular weight is 364 g/mol. The number of amides is 1. The van der Waals surface area contributed by atoms with Gasteiger partial charge in [0, 0.05) is 25.2 Å². The number of hydrogen-bond acceptors (Lipinski definition) is 6. The summed E-state index contributed by atoms with van der Waals surface area (Å²) in [5.41, 5.74) is 12.5. The molecule has 0 aliphatic heterocycles. The third-order valence-corrected chi connectivity index (χ3v) is 3.94. The second kappa shape index (κ2) is 13.3. The maximum absolute atomic E-state index is 11.8. The Labute approximate surface area is 156 Å². The molecular formula is C19H33N5O2. The van der Waals surface area contributed by atoms with Gasteiger partial charge in [0.15, 0.2) is 0 Å². The molecule has 1 aliphatic rings. The summed E-state index contributed by atoms with van der Waals surface area (Å²) in [6.45, 7) is 3.67. The van der Waals surface area contributed by atoms with Crippen molar-refractivity contribution in [2.75, 3.05) is 39.8 Å². The maximum Gasteiger partial charge on any atom is 0.221 e. The molecule has 1 rings (SSSR count). The molecule has 0 saturated heterocycles. The fourth-order valence-electron chi connectivity index (χ4n) is 2.41. The number of nitrogens with zero attached hydrogens (tertiary/aromatic N) is 1. The summed E-state index contributed by atoms with van der Waals surface area (Å²) in [6, 6.07) is 0. The number of aliphatic hydroxyl groups excluding tert-OH is 1. The Morgan fingerprint density at radius 1 is 1.19 bits per heavy atom. The van der Waals surface area contributed by atoms with Gasteiger partial charge in [-0.25, -0.2) is 0 Å². The predicted molar refractivity (Wildman–Crippen MR) is 106 cm³/mol. The molecule has 0 fully saturated rings. The summed E-state index contributed by atoms with van der Waals surface area (Å²) >= 11 is 0. The molecule has 146 valence electrons. The highest BCUT2D eigenvalue weighted by atomic mass is 16.3. The molecular weight excluding hydrogens is 330 g/mol. The molecule has 1 amide bonds. The first-order valence-electron chi connectivity index (χ1n) is 9.11. The van der Waals surface area contributed by atoms with E-state index in [9.17, 15) is 9.90 Å². The molecule has 7 nitrogen and oxygen atoms in total. The van der Waals surface area contributed by atoms with E-state index in [0.717, 1.165) is 25.9 Å². The zero-order valence-corrected chi connectivity index (χ0v) is 15.7. The van der Waals surface area contributed by atoms with Crippen molar-refractivity contribution in [3.05, 3.63) is 47.7 Å². The highest BCUT2D eigenvalue weighted by molar-refractivity contribution is 5.76. The number of aliphatic hydroxyl groups is 1. The van der Waals surface area contributed by atoms with Gasteiger partial charge in [-0.1, -0.05) is 24.3 Å². The van der Waals surface area contributed by atoms with Crippen LogP contribution in [-0.2, 0) is 4.79 Å². The van der Waals surface area contributed by atoms with Crippen LogP contribution in [0.5, 0.6) is 0 Å². The number of carbonyl (C=O) groups excluding carboxylic acids is 1. The van der Waals surface area contributed by atoms with Gasteiger partial charge < -0.3 is 26.8 Å². The van der Waals surface area contributed by atoms with Crippen molar-refractivity contribution >= 4 is 5.91 Å². The summed E-state index contributed by atoms with van der Waals surface area (Å²) in [5, 5.41) is 16.0. The van der Waals surface area contributed by atoms with Gasteiger partial charge in [-0.05, 0) is 57.2 Å². The number of hydrogen-bond donors (Lipinski definition) is 5. The van der Waals surface area contributed by atoms with Crippen molar-refractivity contribution in [3.8, 4) is 0 Å². The van der Waals surface area contributed by atoms with Crippen LogP contribution < -0.4 is 22.1 Å². The largest absolute Gasteiger partial charge is 0.399 e. The normalized spacial score (nSPS) is 21.7. The molecule has 1 aliphatic carbocycles. The van der Waals surface area contributed by atoms with E-state index < -0.39 is 6.23 Å². The summed E-state index contributed by atoms with van der Waals surface area (Å²) < 4.78 is 0. The van der Waals surface area contributed by atoms with E-state index in [-0.39, 0.29) is 5.91 Å². The van der Waals surface area contributed by atoms with Gasteiger partial charge in [0.25, 0.3) is 0 Å². The molecule has 7 heteroatoms. The van der Waals surface area contributed by atoms with Crippen molar-refractivity contribution in [1.82, 2.24) is 15.5 Å². The van der Waals surface area contributed by atoms with Crippen LogP contribution in [0.2, 0.25) is 0 Å². The van der Waals surface area contributed by atoms with Crippen LogP contribution in [-0.4, -0.2) is 61.9 Å². The van der Waals surface area contributed by atoms with Gasteiger partial charge in [-0.2, -0.15) is 0 Å². The first-order chi connectivity index (χ1) is 12.5. The third kappa shape index (κ3) is 10.1. The highest BCUT2D eigenvalue weighted by Gasteiger charge is 2.08. The van der Waals surface area contributed by atoms with Crippen LogP contribution in [0.15, 0.2) is 47.7 Å². The highest BCUT2D eigenvalue weighted by Crippen LogP contribution is 2.06. The fourth-order valence-corrected chi connectivity index (χ4v) is 2.41. The lowest BCUT2D eigenvalue weighted by Crippen LogP contribution is -2.35. The summed E-state index contributed by atoms with van der Waals surface area (Å²) in [4.78, 5) is 14.0. The van der Waals surface area contributed by atoms with E-state index in [2.05, 4.69) is 22.6 Å². The Morgan fingerprint density at radius 2 is 1.92 bits per heavy atom. The zero-order valence-electron chi connectivity index (χ0n) is 15.7. The monoisotopic (exact) mass is 363 g/mol. The number of allylic oxidation sites excluding steroid dienone is 5. The Balaban J connectivity index is 2.15. The summed E-state index contributed by atoms with van der Waals surface area (Å²) in [5.74, 6) is -0.0212. The lowest BCUT2D eigenvalue weighted by atomic mass is 10.1. The second-order valence-electron chi connectivity index (χ2n) is 6.31. The lowest BCUT2D eigenvalue weighted by molar-refractivity contribution is -0.121. The molecule has 0 bridgehead atoms. The summed E-state index contributed by atoms with van der Waals surface area (Å²) in [7, 11) is 2.06. The maximum atomic E-state index is 11.8. The van der Waals surface area contributed by atoms with E-state index in [1.54, 1.807) is 36.5 Å². The number of rotatable bonds is 12. The van der Waals surface area contributed by atoms with Crippen molar-refractivity contribution in [3.63, 3.8) is 0 Å². The molecule has 1 atom stereocenters. The molecule has 7 N–H and O–H groups in total. The average Bonchev–Trinajstić information content (AvgIpc) is 2.59. The lowest BCUT2D eigenvalue weighted by Gasteiger charge is -2.16. The molecule has 0 aromatic carbocycles. The minimum atomic E-state index is -0.826. The van der Waals surface area contributed by atoms with Gasteiger partial charge in [0.05, 0.1) is 0 Å². The molecule has 0 aromatic heterocycles. The van der Waals surface area contributed by atoms with Gasteiger partial charge in [0.1, 0.15) is 6.23 Å². The first kappa shape index (κ1) is 22.1. The van der Waals surface area contributed by atoms with E-state index in [4.69, 9.17) is 11.5 Å². The topological polar surface area (TPSA) is 117 Å². The van der Waals surface area contributed by atoms with Crippen LogP contribution in [0.4, 0.5) is 0 Å². The number of nitrogens with one attached hydrogen (secondary N) is 2. The smallest absolute Gasteiger partial charge is 0.221 e. The fraction of sp³-hybridized carbons (Fsp3) is 0.526. The Bertz CT molecular complexity index is 540. The van der Waals surface area contributed by atoms with Crippen LogP contribution in [0.1, 0.15) is 19.3 Å². The molecule has 0 heterocycles. The molecule has 1 unspecified atom stereocenters. The van der Waals surface area contributed by atoms with Crippen LogP contribution in [0, 0.1) is 0 Å². The van der Waals surface area contributed by atoms with Crippen LogP contribution >= 0.6 is 0 Å². The molecule has 26 heavy (non-hydrogen) atoms. The minimum Gasteiger partial charge on any atom is -0.399 e. The number of carbonyl (C=O) groups is 1. The zero-order chi connectivity index (χ0) is 19.2. The van der Waals surface area contributed by atoms with Crippen molar-refractivity contribution < 1.29 is 9.90 Å². The SMILES string of the molecule is CN(CCCN)CCCNC(=O)CCNC(O)C1=C/C=C\C(N)=C/C=C\1. The van der Waals surface area contributed by atoms with E-state index >= 15 is 0 Å². The molecule has 0 spiro atoms. The third-order valence-electron chi connectivity index (χ3n) is 3.94. The summed E-state index contributed by atoms with van der Waals surface area (Å²) in [6.07, 6.45) is 12.1. The minimum absolute atomic E-state index is 0.0212. The van der Waals surface area contributed by atoms with Crippen LogP contribution in [0.25, 0.3) is 0 Å². The van der Waals surface area contributed by atoms with E-state index in [1.807, 2.05) is 0 Å². The Hall–Kier alpha value is -1.93. The standard InChI is InChI=1S/C19H33N5O2/c1-24(14-4-11-20)15-5-12-22-18(25)10-13-23-19(26)16-6-2-8-17(21)9-3-7-16/h2-3,6-9,19,23,26H,4-5,10-15,20-21H2,1H3,(H,22,25)/b6-2-,7-3?,8-2?,9-3-,16-6?,16-7+,17-8+,17-9?. The van der Waals surface area contributed by atoms with E-state index in [1.165, 1.54) is 0 Å². The van der Waals surface area contributed by atoms with E-state index in [0.29, 0.717) is 37.3 Å². The molecule has 0 saturated carbocycles. The van der Waals surface area contributed by atoms with Crippen molar-refractivity contribution in [2.45, 2.75) is 25.5 Å². The van der Waals surface area contributed by atoms with Gasteiger partial charge >= 0.3 is 0 Å². The van der Waals surface area contributed by atoms with Gasteiger partial charge in [-0.3, -0.25) is 10.1 Å². The second-order valence-corrected chi connectivity index (χ2v) is 6.31. The van der Waals surface area contributed by atoms with Gasteiger partial charge in [-0.15, -0.1) is 0 Å². The van der Waals surface area contributed by atoms with Crippen molar-refractivity contribution in [1.29, 1.82) is 0 Å². The van der Waals surface area contributed by atoms with Crippen LogP contribution in [0.3, 0.4) is 0 Å². The Kier molecular flexibility index (Phi) is 11.3. The quantitative estimate of drug-likeness (QED) is 0.245. The van der Waals surface area contributed by atoms with Gasteiger partial charge in [0.2, 0.25) is 5.91 Å². The van der Waals surface area contributed by atoms with Crippen molar-refractivity contribution in [2.24, 2.45) is 11.5 Å². The Morgan fingerprint density at radius 3 is 2.69 bits per heavy atom. The molecule has 0 radical (unpaired) electrons. The molecule has 0 aromatic rings. The number of nitrogens with two attached hydrogens (primary N) is 2. The predicted octanol–water partition coefficient (Wildman–Crippen LogP) is -0.0336. The first-order valence-corrected chi connectivity index (χ1v) is 9.11.